The summed E-state index contributed by atoms with van der Waals surface area (Å²) in [6.07, 6.45) is 0. The Labute approximate surface area is 180 Å². The van der Waals surface area contributed by atoms with Crippen molar-refractivity contribution in [1.82, 2.24) is 19.7 Å². The van der Waals surface area contributed by atoms with Crippen molar-refractivity contribution in [3.63, 3.8) is 0 Å². The van der Waals surface area contributed by atoms with Gasteiger partial charge in [0.05, 0.1) is 19.0 Å². The van der Waals surface area contributed by atoms with Crippen molar-refractivity contribution in [2.24, 2.45) is 0 Å². The molecule has 1 N–H and O–H groups in total. The Balaban J connectivity index is 1.45. The molecule has 0 aliphatic carbocycles. The summed E-state index contributed by atoms with van der Waals surface area (Å²) in [4.78, 5) is 14.8. The number of carbonyl (C=O) groups is 1. The average molecular weight is 424 g/mol. The highest BCUT2D eigenvalue weighted by molar-refractivity contribution is 7.99. The van der Waals surface area contributed by atoms with Gasteiger partial charge in [-0.05, 0) is 12.1 Å². The second-order valence-electron chi connectivity index (χ2n) is 6.98. The fourth-order valence-corrected chi connectivity index (χ4v) is 4.08. The van der Waals surface area contributed by atoms with Gasteiger partial charge >= 0.3 is 0 Å². The van der Waals surface area contributed by atoms with E-state index in [0.717, 1.165) is 61.6 Å². The number of rotatable bonds is 8. The number of anilines is 1. The van der Waals surface area contributed by atoms with Gasteiger partial charge in [-0.25, -0.2) is 0 Å². The minimum Gasteiger partial charge on any atom is -0.379 e. The van der Waals surface area contributed by atoms with E-state index in [1.807, 2.05) is 60.7 Å². The zero-order chi connectivity index (χ0) is 20.6. The van der Waals surface area contributed by atoms with E-state index in [0.29, 0.717) is 0 Å². The number of hydrogen-bond acceptors (Lipinski definition) is 6. The average Bonchev–Trinajstić information content (AvgIpc) is 3.21. The van der Waals surface area contributed by atoms with Crippen LogP contribution >= 0.6 is 11.8 Å². The third-order valence-corrected chi connectivity index (χ3v) is 5.85. The molecule has 2 heterocycles. The van der Waals surface area contributed by atoms with Gasteiger partial charge in [-0.15, -0.1) is 10.2 Å². The third-order valence-electron chi connectivity index (χ3n) is 4.88. The van der Waals surface area contributed by atoms with Crippen molar-refractivity contribution in [3.05, 3.63) is 60.7 Å². The molecule has 1 fully saturated rings. The summed E-state index contributed by atoms with van der Waals surface area (Å²) < 4.78 is 7.56. The first-order valence-corrected chi connectivity index (χ1v) is 11.0. The molecule has 0 bridgehead atoms. The Morgan fingerprint density at radius 1 is 0.967 bits per heavy atom. The molecule has 4 rings (SSSR count). The SMILES string of the molecule is O=C(CSc1nnc(-c2ccccc2)n1CCN1CCOCC1)Nc1ccccc1. The van der Waals surface area contributed by atoms with E-state index in [1.165, 1.54) is 11.8 Å². The van der Waals surface area contributed by atoms with Gasteiger partial charge in [-0.1, -0.05) is 60.3 Å². The van der Waals surface area contributed by atoms with Gasteiger partial charge in [-0.2, -0.15) is 0 Å². The van der Waals surface area contributed by atoms with E-state index in [1.54, 1.807) is 0 Å². The van der Waals surface area contributed by atoms with Crippen molar-refractivity contribution in [3.8, 4) is 11.4 Å². The summed E-state index contributed by atoms with van der Waals surface area (Å²) >= 11 is 1.41. The number of benzene rings is 2. The molecule has 1 aliphatic heterocycles. The highest BCUT2D eigenvalue weighted by atomic mass is 32.2. The van der Waals surface area contributed by atoms with Crippen LogP contribution in [0, 0.1) is 0 Å². The molecule has 0 atom stereocenters. The summed E-state index contributed by atoms with van der Waals surface area (Å²) in [5.41, 5.74) is 1.81. The van der Waals surface area contributed by atoms with Crippen molar-refractivity contribution in [1.29, 1.82) is 0 Å². The summed E-state index contributed by atoms with van der Waals surface area (Å²) in [5, 5.41) is 12.5. The smallest absolute Gasteiger partial charge is 0.234 e. The van der Waals surface area contributed by atoms with Crippen molar-refractivity contribution >= 4 is 23.4 Å². The van der Waals surface area contributed by atoms with Crippen LogP contribution in [0.3, 0.4) is 0 Å². The number of hydrogen-bond donors (Lipinski definition) is 1. The fourth-order valence-electron chi connectivity index (χ4n) is 3.31. The van der Waals surface area contributed by atoms with Gasteiger partial charge in [0.1, 0.15) is 0 Å². The lowest BCUT2D eigenvalue weighted by atomic mass is 10.2. The minimum atomic E-state index is -0.0600. The normalized spacial score (nSPS) is 14.5. The quantitative estimate of drug-likeness (QED) is 0.562. The lowest BCUT2D eigenvalue weighted by molar-refractivity contribution is -0.113. The van der Waals surface area contributed by atoms with Crippen LogP contribution in [0.25, 0.3) is 11.4 Å². The van der Waals surface area contributed by atoms with Crippen LogP contribution in [-0.2, 0) is 16.1 Å². The fraction of sp³-hybridized carbons (Fsp3) is 0.318. The van der Waals surface area contributed by atoms with E-state index in [9.17, 15) is 4.79 Å². The van der Waals surface area contributed by atoms with E-state index in [4.69, 9.17) is 4.74 Å². The predicted molar refractivity (Wildman–Crippen MR) is 119 cm³/mol. The van der Waals surface area contributed by atoms with Crippen molar-refractivity contribution in [2.45, 2.75) is 11.7 Å². The number of ether oxygens (including phenoxy) is 1. The molecule has 3 aromatic rings. The van der Waals surface area contributed by atoms with Crippen molar-refractivity contribution < 1.29 is 9.53 Å². The van der Waals surface area contributed by atoms with Gasteiger partial charge in [-0.3, -0.25) is 9.69 Å². The highest BCUT2D eigenvalue weighted by Gasteiger charge is 2.17. The predicted octanol–water partition coefficient (Wildman–Crippen LogP) is 3.01. The van der Waals surface area contributed by atoms with Crippen LogP contribution in [0.1, 0.15) is 0 Å². The van der Waals surface area contributed by atoms with Gasteiger partial charge in [0, 0.05) is 37.4 Å². The number of carbonyl (C=O) groups excluding carboxylic acids is 1. The topological polar surface area (TPSA) is 72.3 Å². The van der Waals surface area contributed by atoms with Crippen LogP contribution in [0.4, 0.5) is 5.69 Å². The Kier molecular flexibility index (Phi) is 7.12. The van der Waals surface area contributed by atoms with Crippen LogP contribution in [0.15, 0.2) is 65.8 Å². The molecule has 1 aromatic heterocycles. The van der Waals surface area contributed by atoms with Crippen LogP contribution in [-0.4, -0.2) is 64.2 Å². The molecule has 0 unspecified atom stereocenters. The van der Waals surface area contributed by atoms with Gasteiger partial charge in [0.25, 0.3) is 0 Å². The first kappa shape index (κ1) is 20.6. The monoisotopic (exact) mass is 423 g/mol. The molecule has 0 radical (unpaired) electrons. The summed E-state index contributed by atoms with van der Waals surface area (Å²) in [5.74, 6) is 1.05. The number of nitrogens with one attached hydrogen (secondary N) is 1. The molecule has 156 valence electrons. The molecule has 8 heteroatoms. The van der Waals surface area contributed by atoms with E-state index < -0.39 is 0 Å². The zero-order valence-corrected chi connectivity index (χ0v) is 17.6. The Morgan fingerprint density at radius 2 is 1.67 bits per heavy atom. The Hall–Kier alpha value is -2.68. The maximum atomic E-state index is 12.4. The second kappa shape index (κ2) is 10.4. The molecule has 0 spiro atoms. The van der Waals surface area contributed by atoms with Crippen LogP contribution < -0.4 is 5.32 Å². The largest absolute Gasteiger partial charge is 0.379 e. The maximum Gasteiger partial charge on any atom is 0.234 e. The molecule has 7 nitrogen and oxygen atoms in total. The number of morpholine rings is 1. The minimum absolute atomic E-state index is 0.0600. The lowest BCUT2D eigenvalue weighted by Gasteiger charge is -2.27. The van der Waals surface area contributed by atoms with E-state index >= 15 is 0 Å². The number of amides is 1. The number of para-hydroxylation sites is 1. The molecule has 1 amide bonds. The molecule has 2 aromatic carbocycles. The molecule has 30 heavy (non-hydrogen) atoms. The van der Waals surface area contributed by atoms with Gasteiger partial charge in [0.15, 0.2) is 11.0 Å². The summed E-state index contributed by atoms with van der Waals surface area (Å²) in [6, 6.07) is 19.5. The first-order chi connectivity index (χ1) is 14.8. The molecule has 1 aliphatic rings. The Morgan fingerprint density at radius 3 is 2.40 bits per heavy atom. The van der Waals surface area contributed by atoms with Crippen LogP contribution in [0.5, 0.6) is 0 Å². The summed E-state index contributed by atoms with van der Waals surface area (Å²) in [7, 11) is 0. The third kappa shape index (κ3) is 5.47. The van der Waals surface area contributed by atoms with E-state index in [-0.39, 0.29) is 11.7 Å². The zero-order valence-electron chi connectivity index (χ0n) is 16.7. The van der Waals surface area contributed by atoms with Crippen LogP contribution in [0.2, 0.25) is 0 Å². The molecular formula is C22H25N5O2S. The van der Waals surface area contributed by atoms with Crippen molar-refractivity contribution in [2.75, 3.05) is 43.9 Å². The number of nitrogens with zero attached hydrogens (tertiary/aromatic N) is 4. The standard InChI is InChI=1S/C22H25N5O2S/c28-20(23-19-9-5-2-6-10-19)17-30-22-25-24-21(18-7-3-1-4-8-18)27(22)12-11-26-13-15-29-16-14-26/h1-10H,11-17H2,(H,23,28). The summed E-state index contributed by atoms with van der Waals surface area (Å²) in [6.45, 7) is 5.07. The molecule has 0 saturated carbocycles. The lowest BCUT2D eigenvalue weighted by Crippen LogP contribution is -2.38. The number of aromatic nitrogens is 3. The molecule has 1 saturated heterocycles. The highest BCUT2D eigenvalue weighted by Crippen LogP contribution is 2.24. The maximum absolute atomic E-state index is 12.4. The molecular weight excluding hydrogens is 398 g/mol. The number of thioether (sulfide) groups is 1. The second-order valence-corrected chi connectivity index (χ2v) is 7.92. The van der Waals surface area contributed by atoms with E-state index in [2.05, 4.69) is 25.0 Å². The Bertz CT molecular complexity index is 943. The first-order valence-electron chi connectivity index (χ1n) is 10.1. The van der Waals surface area contributed by atoms with Gasteiger partial charge in [0.2, 0.25) is 5.91 Å². The van der Waals surface area contributed by atoms with Gasteiger partial charge < -0.3 is 14.6 Å².